The van der Waals surface area contributed by atoms with Crippen molar-refractivity contribution >= 4 is 5.91 Å². The van der Waals surface area contributed by atoms with Gasteiger partial charge in [0, 0.05) is 25.2 Å². The van der Waals surface area contributed by atoms with Crippen molar-refractivity contribution in [3.05, 3.63) is 71.0 Å². The van der Waals surface area contributed by atoms with Crippen LogP contribution < -0.4 is 9.47 Å². The number of methoxy groups -OCH3 is 2. The van der Waals surface area contributed by atoms with Gasteiger partial charge in [-0.3, -0.25) is 4.79 Å². The molecule has 0 N–H and O–H groups in total. The van der Waals surface area contributed by atoms with Crippen LogP contribution in [-0.4, -0.2) is 41.9 Å². The van der Waals surface area contributed by atoms with Gasteiger partial charge in [-0.2, -0.15) is 5.10 Å². The smallest absolute Gasteiger partial charge is 0.257 e. The molecule has 0 aliphatic rings. The van der Waals surface area contributed by atoms with Gasteiger partial charge in [0.05, 0.1) is 37.4 Å². The zero-order valence-corrected chi connectivity index (χ0v) is 17.6. The number of aryl methyl sites for hydroxylation is 1. The van der Waals surface area contributed by atoms with Crippen molar-refractivity contribution in [3.8, 4) is 17.2 Å². The molecule has 3 aromatic rings. The van der Waals surface area contributed by atoms with Crippen LogP contribution in [0.1, 0.15) is 34.1 Å². The summed E-state index contributed by atoms with van der Waals surface area (Å²) in [6.07, 6.45) is 2.36. The summed E-state index contributed by atoms with van der Waals surface area (Å²) in [5, 5.41) is 4.48. The average Bonchev–Trinajstić information content (AvgIpc) is 3.17. The molecule has 0 saturated carbocycles. The van der Waals surface area contributed by atoms with E-state index in [9.17, 15) is 4.79 Å². The van der Waals surface area contributed by atoms with Gasteiger partial charge in [0.1, 0.15) is 11.5 Å². The zero-order valence-electron chi connectivity index (χ0n) is 17.6. The number of aromatic nitrogens is 2. The highest BCUT2D eigenvalue weighted by Crippen LogP contribution is 2.26. The van der Waals surface area contributed by atoms with Crippen LogP contribution in [0.4, 0.5) is 0 Å². The van der Waals surface area contributed by atoms with E-state index in [1.165, 1.54) is 5.56 Å². The van der Waals surface area contributed by atoms with E-state index in [2.05, 4.69) is 5.10 Å². The number of amides is 1. The van der Waals surface area contributed by atoms with Gasteiger partial charge in [-0.1, -0.05) is 24.6 Å². The van der Waals surface area contributed by atoms with E-state index >= 15 is 0 Å². The number of carbonyl (C=O) groups excluding carboxylic acids is 1. The van der Waals surface area contributed by atoms with Gasteiger partial charge in [-0.15, -0.1) is 0 Å². The highest BCUT2D eigenvalue weighted by molar-refractivity contribution is 5.95. The second-order valence-electron chi connectivity index (χ2n) is 6.94. The Balaban J connectivity index is 1.86. The Morgan fingerprint density at radius 3 is 2.45 bits per heavy atom. The summed E-state index contributed by atoms with van der Waals surface area (Å²) in [5.74, 6) is 1.33. The van der Waals surface area contributed by atoms with Crippen molar-refractivity contribution in [1.29, 1.82) is 0 Å². The molecule has 0 aliphatic carbocycles. The first kappa shape index (κ1) is 20.5. The molecular formula is C23H27N3O3. The van der Waals surface area contributed by atoms with Crippen LogP contribution in [0.2, 0.25) is 0 Å². The number of rotatable bonds is 7. The molecule has 0 atom stereocenters. The van der Waals surface area contributed by atoms with Gasteiger partial charge >= 0.3 is 0 Å². The minimum Gasteiger partial charge on any atom is -0.497 e. The van der Waals surface area contributed by atoms with E-state index in [4.69, 9.17) is 9.47 Å². The van der Waals surface area contributed by atoms with Crippen LogP contribution in [0.5, 0.6) is 11.5 Å². The molecule has 2 aromatic carbocycles. The van der Waals surface area contributed by atoms with Crippen molar-refractivity contribution in [2.45, 2.75) is 26.8 Å². The quantitative estimate of drug-likeness (QED) is 0.608. The number of benzene rings is 2. The van der Waals surface area contributed by atoms with E-state index in [-0.39, 0.29) is 5.91 Å². The van der Waals surface area contributed by atoms with Crippen LogP contribution >= 0.6 is 0 Å². The van der Waals surface area contributed by atoms with E-state index in [1.54, 1.807) is 32.4 Å². The molecule has 0 saturated heterocycles. The Hall–Kier alpha value is -3.28. The second kappa shape index (κ2) is 8.82. The molecule has 0 aliphatic heterocycles. The van der Waals surface area contributed by atoms with Crippen LogP contribution in [0.15, 0.2) is 48.7 Å². The van der Waals surface area contributed by atoms with Crippen LogP contribution in [0.25, 0.3) is 5.69 Å². The number of ether oxygens (including phenoxy) is 2. The van der Waals surface area contributed by atoms with Gasteiger partial charge in [-0.25, -0.2) is 4.68 Å². The summed E-state index contributed by atoms with van der Waals surface area (Å²) < 4.78 is 12.5. The molecule has 0 fully saturated rings. The molecule has 1 aromatic heterocycles. The maximum atomic E-state index is 13.2. The van der Waals surface area contributed by atoms with Crippen molar-refractivity contribution in [2.24, 2.45) is 0 Å². The van der Waals surface area contributed by atoms with E-state index in [0.29, 0.717) is 30.0 Å². The lowest BCUT2D eigenvalue weighted by Gasteiger charge is -2.19. The number of hydrogen-bond acceptors (Lipinski definition) is 4. The van der Waals surface area contributed by atoms with Gasteiger partial charge in [0.15, 0.2) is 0 Å². The Labute approximate surface area is 171 Å². The average molecular weight is 393 g/mol. The third-order valence-corrected chi connectivity index (χ3v) is 4.96. The lowest BCUT2D eigenvalue weighted by atomic mass is 10.1. The molecule has 3 rings (SSSR count). The monoisotopic (exact) mass is 393 g/mol. The summed E-state index contributed by atoms with van der Waals surface area (Å²) in [5.41, 5.74) is 4.55. The summed E-state index contributed by atoms with van der Waals surface area (Å²) in [6.45, 7) is 4.50. The highest BCUT2D eigenvalue weighted by atomic mass is 16.5. The van der Waals surface area contributed by atoms with Crippen molar-refractivity contribution < 1.29 is 14.3 Å². The summed E-state index contributed by atoms with van der Waals surface area (Å²) >= 11 is 0. The van der Waals surface area contributed by atoms with Crippen LogP contribution in [-0.2, 0) is 13.0 Å². The summed E-state index contributed by atoms with van der Waals surface area (Å²) in [6, 6.07) is 13.7. The van der Waals surface area contributed by atoms with E-state index in [0.717, 1.165) is 16.9 Å². The number of hydrogen-bond donors (Lipinski definition) is 0. The summed E-state index contributed by atoms with van der Waals surface area (Å²) in [4.78, 5) is 14.8. The Bertz CT molecular complexity index is 993. The predicted molar refractivity (Wildman–Crippen MR) is 113 cm³/mol. The molecule has 0 bridgehead atoms. The van der Waals surface area contributed by atoms with Crippen molar-refractivity contribution in [1.82, 2.24) is 14.7 Å². The maximum Gasteiger partial charge on any atom is 0.257 e. The summed E-state index contributed by atoms with van der Waals surface area (Å²) in [7, 11) is 5.01. The number of nitrogens with zero attached hydrogens (tertiary/aromatic N) is 3. The molecule has 1 amide bonds. The Morgan fingerprint density at radius 2 is 1.83 bits per heavy atom. The maximum absolute atomic E-state index is 13.2. The molecule has 29 heavy (non-hydrogen) atoms. The van der Waals surface area contributed by atoms with Crippen LogP contribution in [0, 0.1) is 6.92 Å². The molecule has 6 nitrogen and oxygen atoms in total. The first-order valence-corrected chi connectivity index (χ1v) is 9.58. The topological polar surface area (TPSA) is 56.6 Å². The highest BCUT2D eigenvalue weighted by Gasteiger charge is 2.21. The second-order valence-corrected chi connectivity index (χ2v) is 6.94. The van der Waals surface area contributed by atoms with Gasteiger partial charge in [-0.05, 0) is 37.6 Å². The fourth-order valence-corrected chi connectivity index (χ4v) is 3.32. The van der Waals surface area contributed by atoms with E-state index < -0.39 is 0 Å². The first-order chi connectivity index (χ1) is 14.0. The molecule has 152 valence electrons. The lowest BCUT2D eigenvalue weighted by Crippen LogP contribution is -2.27. The molecule has 1 heterocycles. The third-order valence-electron chi connectivity index (χ3n) is 4.96. The zero-order chi connectivity index (χ0) is 21.0. The fourth-order valence-electron chi connectivity index (χ4n) is 3.32. The largest absolute Gasteiger partial charge is 0.497 e. The van der Waals surface area contributed by atoms with Gasteiger partial charge in [0.2, 0.25) is 0 Å². The molecule has 0 radical (unpaired) electrons. The molecule has 6 heteroatoms. The normalized spacial score (nSPS) is 10.7. The van der Waals surface area contributed by atoms with Crippen molar-refractivity contribution in [3.63, 3.8) is 0 Å². The SMILES string of the molecule is CCc1c(C(=O)N(C)Cc2ccc(OC)cc2OC)cnn1-c1ccc(C)cc1. The molecule has 0 spiro atoms. The predicted octanol–water partition coefficient (Wildman–Crippen LogP) is 4.03. The fraction of sp³-hybridized carbons (Fsp3) is 0.304. The standard InChI is InChI=1S/C23H27N3O3/c1-6-21-20(14-24-26(21)18-10-7-16(2)8-11-18)23(27)25(3)15-17-9-12-19(28-4)13-22(17)29-5/h7-14H,6,15H2,1-5H3. The lowest BCUT2D eigenvalue weighted by molar-refractivity contribution is 0.0783. The van der Waals surface area contributed by atoms with Crippen LogP contribution in [0.3, 0.4) is 0 Å². The van der Waals surface area contributed by atoms with Gasteiger partial charge in [0.25, 0.3) is 5.91 Å². The van der Waals surface area contributed by atoms with E-state index in [1.807, 2.05) is 61.0 Å². The van der Waals surface area contributed by atoms with Gasteiger partial charge < -0.3 is 14.4 Å². The first-order valence-electron chi connectivity index (χ1n) is 9.58. The van der Waals surface area contributed by atoms with Crippen molar-refractivity contribution in [2.75, 3.05) is 21.3 Å². The minimum absolute atomic E-state index is 0.0712. The molecule has 0 unspecified atom stereocenters. The Morgan fingerprint density at radius 1 is 1.10 bits per heavy atom. The minimum atomic E-state index is -0.0712. The third kappa shape index (κ3) is 4.26. The molecular weight excluding hydrogens is 366 g/mol. The Kier molecular flexibility index (Phi) is 6.22. The number of carbonyl (C=O) groups is 1.